The van der Waals surface area contributed by atoms with Gasteiger partial charge in [-0.3, -0.25) is 4.79 Å². The van der Waals surface area contributed by atoms with Gasteiger partial charge in [0, 0.05) is 10.8 Å². The number of nitrogens with zero attached hydrogens (tertiary/aromatic N) is 1. The van der Waals surface area contributed by atoms with Gasteiger partial charge in [0.05, 0.1) is 16.6 Å². The van der Waals surface area contributed by atoms with Gasteiger partial charge < -0.3 is 10.4 Å². The molecule has 0 aliphatic heterocycles. The molecule has 5 nitrogen and oxygen atoms in total. The fraction of sp³-hybridized carbons (Fsp3) is 0.190. The van der Waals surface area contributed by atoms with Gasteiger partial charge in [0.2, 0.25) is 0 Å². The van der Waals surface area contributed by atoms with Crippen LogP contribution in [-0.4, -0.2) is 28.0 Å². The molecule has 1 heterocycles. The largest absolute Gasteiger partial charge is 0.480 e. The molecule has 1 amide bonds. The van der Waals surface area contributed by atoms with Crippen LogP contribution < -0.4 is 5.32 Å². The van der Waals surface area contributed by atoms with E-state index in [2.05, 4.69) is 10.3 Å². The molecule has 0 aliphatic rings. The molecule has 1 atom stereocenters. The van der Waals surface area contributed by atoms with E-state index in [1.807, 2.05) is 68.5 Å². The van der Waals surface area contributed by atoms with Gasteiger partial charge in [-0.1, -0.05) is 48.0 Å². The number of para-hydroxylation sites is 2. The van der Waals surface area contributed by atoms with E-state index in [1.54, 1.807) is 0 Å². The van der Waals surface area contributed by atoms with Crippen molar-refractivity contribution in [2.75, 3.05) is 0 Å². The van der Waals surface area contributed by atoms with Crippen LogP contribution >= 0.6 is 0 Å². The third kappa shape index (κ3) is 3.57. The Bertz CT molecular complexity index is 966. The fourth-order valence-electron chi connectivity index (χ4n) is 2.89. The summed E-state index contributed by atoms with van der Waals surface area (Å²) in [4.78, 5) is 29.1. The van der Waals surface area contributed by atoms with Gasteiger partial charge in [-0.25, -0.2) is 9.78 Å². The molecule has 3 aromatic rings. The minimum absolute atomic E-state index is 0.240. The molecule has 0 aliphatic carbocycles. The van der Waals surface area contributed by atoms with Crippen LogP contribution in [0.25, 0.3) is 21.8 Å². The molecule has 0 radical (unpaired) electrons. The molecule has 0 bridgehead atoms. The summed E-state index contributed by atoms with van der Waals surface area (Å²) in [6, 6.07) is 13.8. The molecule has 132 valence electrons. The zero-order valence-corrected chi connectivity index (χ0v) is 14.7. The van der Waals surface area contributed by atoms with Crippen LogP contribution in [0.15, 0.2) is 60.2 Å². The van der Waals surface area contributed by atoms with Crippen LogP contribution in [0.3, 0.4) is 0 Å². The second-order valence-electron chi connectivity index (χ2n) is 6.40. The highest BCUT2D eigenvalue weighted by Gasteiger charge is 2.22. The third-order valence-electron chi connectivity index (χ3n) is 4.18. The topological polar surface area (TPSA) is 79.3 Å². The Morgan fingerprint density at radius 1 is 1.04 bits per heavy atom. The molecule has 5 heteroatoms. The number of fused-ring (bicyclic) bond motifs is 2. The molecule has 0 saturated carbocycles. The SMILES string of the molecule is CC(C)=CC[C@H](NC(=O)c1c2ccccc2nc2ccccc12)C(=O)O. The lowest BCUT2D eigenvalue weighted by molar-refractivity contribution is -0.139. The number of carboxylic acid groups (broad SMARTS) is 1. The Balaban J connectivity index is 2.08. The van der Waals surface area contributed by atoms with E-state index in [0.29, 0.717) is 27.4 Å². The summed E-state index contributed by atoms with van der Waals surface area (Å²) in [5, 5.41) is 13.5. The lowest BCUT2D eigenvalue weighted by Crippen LogP contribution is -2.40. The Kier molecular flexibility index (Phi) is 4.98. The Morgan fingerprint density at radius 2 is 1.58 bits per heavy atom. The quantitative estimate of drug-likeness (QED) is 0.541. The predicted octanol–water partition coefficient (Wildman–Crippen LogP) is 3.93. The molecular weight excluding hydrogens is 328 g/mol. The van der Waals surface area contributed by atoms with Crippen molar-refractivity contribution in [3.05, 3.63) is 65.7 Å². The first-order valence-electron chi connectivity index (χ1n) is 8.42. The lowest BCUT2D eigenvalue weighted by atomic mass is 10.0. The number of carbonyl (C=O) groups excluding carboxylic acids is 1. The van der Waals surface area contributed by atoms with E-state index in [9.17, 15) is 14.7 Å². The molecule has 0 spiro atoms. The number of pyridine rings is 1. The summed E-state index contributed by atoms with van der Waals surface area (Å²) in [6.45, 7) is 3.79. The van der Waals surface area contributed by atoms with Crippen LogP contribution in [0.5, 0.6) is 0 Å². The van der Waals surface area contributed by atoms with Crippen molar-refractivity contribution < 1.29 is 14.7 Å². The standard InChI is InChI=1S/C21H20N2O3/c1-13(2)11-12-18(21(25)26)23-20(24)19-14-7-3-5-9-16(14)22-17-10-6-4-8-15(17)19/h3-11,18H,12H2,1-2H3,(H,23,24)(H,25,26)/t18-/m0/s1. The van der Waals surface area contributed by atoms with Gasteiger partial charge >= 0.3 is 5.97 Å². The molecule has 26 heavy (non-hydrogen) atoms. The van der Waals surface area contributed by atoms with E-state index < -0.39 is 17.9 Å². The van der Waals surface area contributed by atoms with Crippen LogP contribution in [-0.2, 0) is 4.79 Å². The van der Waals surface area contributed by atoms with Gasteiger partial charge in [-0.2, -0.15) is 0 Å². The first-order chi connectivity index (χ1) is 12.5. The van der Waals surface area contributed by atoms with Crippen LogP contribution in [0, 0.1) is 0 Å². The molecule has 1 aromatic heterocycles. The summed E-state index contributed by atoms with van der Waals surface area (Å²) in [6.07, 6.45) is 2.05. The molecule has 2 N–H and O–H groups in total. The summed E-state index contributed by atoms with van der Waals surface area (Å²) in [7, 11) is 0. The van der Waals surface area contributed by atoms with E-state index in [1.165, 1.54) is 0 Å². The summed E-state index contributed by atoms with van der Waals surface area (Å²) >= 11 is 0. The zero-order valence-electron chi connectivity index (χ0n) is 14.7. The minimum atomic E-state index is -1.06. The fourth-order valence-corrected chi connectivity index (χ4v) is 2.89. The second-order valence-corrected chi connectivity index (χ2v) is 6.40. The average molecular weight is 348 g/mol. The maximum atomic E-state index is 13.0. The van der Waals surface area contributed by atoms with Crippen molar-refractivity contribution in [2.24, 2.45) is 0 Å². The van der Waals surface area contributed by atoms with E-state index in [4.69, 9.17) is 0 Å². The Labute approximate surface area is 151 Å². The number of amides is 1. The number of rotatable bonds is 5. The van der Waals surface area contributed by atoms with Crippen LogP contribution in [0.1, 0.15) is 30.6 Å². The molecule has 0 fully saturated rings. The zero-order chi connectivity index (χ0) is 18.7. The van der Waals surface area contributed by atoms with Gasteiger partial charge in [-0.15, -0.1) is 0 Å². The first-order valence-corrected chi connectivity index (χ1v) is 8.42. The van der Waals surface area contributed by atoms with Crippen molar-refractivity contribution in [1.29, 1.82) is 0 Å². The summed E-state index contributed by atoms with van der Waals surface area (Å²) in [5.74, 6) is -1.46. The van der Waals surface area contributed by atoms with Crippen LogP contribution in [0.2, 0.25) is 0 Å². The molecule has 0 saturated heterocycles. The van der Waals surface area contributed by atoms with Gasteiger partial charge in [0.25, 0.3) is 5.91 Å². The predicted molar refractivity (Wildman–Crippen MR) is 102 cm³/mol. The number of benzene rings is 2. The van der Waals surface area contributed by atoms with E-state index in [0.717, 1.165) is 5.57 Å². The maximum Gasteiger partial charge on any atom is 0.326 e. The summed E-state index contributed by atoms with van der Waals surface area (Å²) < 4.78 is 0. The smallest absolute Gasteiger partial charge is 0.326 e. The number of hydrogen-bond donors (Lipinski definition) is 2. The van der Waals surface area contributed by atoms with Crippen molar-refractivity contribution in [3.8, 4) is 0 Å². The molecular formula is C21H20N2O3. The van der Waals surface area contributed by atoms with E-state index in [-0.39, 0.29) is 6.42 Å². The third-order valence-corrected chi connectivity index (χ3v) is 4.18. The first kappa shape index (κ1) is 17.6. The minimum Gasteiger partial charge on any atom is -0.480 e. The van der Waals surface area contributed by atoms with Crippen molar-refractivity contribution >= 4 is 33.7 Å². The number of carbonyl (C=O) groups is 2. The number of carboxylic acids is 1. The highest BCUT2D eigenvalue weighted by atomic mass is 16.4. The monoisotopic (exact) mass is 348 g/mol. The highest BCUT2D eigenvalue weighted by Crippen LogP contribution is 2.26. The number of aromatic nitrogens is 1. The van der Waals surface area contributed by atoms with Gasteiger partial charge in [0.15, 0.2) is 0 Å². The van der Waals surface area contributed by atoms with Gasteiger partial charge in [-0.05, 0) is 32.4 Å². The van der Waals surface area contributed by atoms with Crippen molar-refractivity contribution in [2.45, 2.75) is 26.3 Å². The van der Waals surface area contributed by atoms with Gasteiger partial charge in [0.1, 0.15) is 6.04 Å². The van der Waals surface area contributed by atoms with E-state index >= 15 is 0 Å². The summed E-state index contributed by atoms with van der Waals surface area (Å²) in [5.41, 5.74) is 2.86. The second kappa shape index (κ2) is 7.35. The van der Waals surface area contributed by atoms with Crippen molar-refractivity contribution in [3.63, 3.8) is 0 Å². The number of nitrogens with one attached hydrogen (secondary N) is 1. The van der Waals surface area contributed by atoms with Crippen molar-refractivity contribution in [1.82, 2.24) is 10.3 Å². The Morgan fingerprint density at radius 3 is 2.08 bits per heavy atom. The maximum absolute atomic E-state index is 13.0. The Hall–Kier alpha value is -3.21. The number of hydrogen-bond acceptors (Lipinski definition) is 3. The molecule has 2 aromatic carbocycles. The van der Waals surface area contributed by atoms with Crippen LogP contribution in [0.4, 0.5) is 0 Å². The average Bonchev–Trinajstić information content (AvgIpc) is 2.62. The highest BCUT2D eigenvalue weighted by molar-refractivity contribution is 6.16. The lowest BCUT2D eigenvalue weighted by Gasteiger charge is -2.15. The number of allylic oxidation sites excluding steroid dienone is 1. The number of aliphatic carboxylic acids is 1. The normalized spacial score (nSPS) is 11.9. The molecule has 0 unspecified atom stereocenters. The molecule has 3 rings (SSSR count).